The number of hydrogen-bond acceptors (Lipinski definition) is 6. The Hall–Kier alpha value is -1.57. The van der Waals surface area contributed by atoms with E-state index >= 15 is 0 Å². The summed E-state index contributed by atoms with van der Waals surface area (Å²) in [4.78, 5) is 10.4. The molecule has 1 aromatic carbocycles. The summed E-state index contributed by atoms with van der Waals surface area (Å²) in [6.45, 7) is -0.0854. The molecule has 7 nitrogen and oxygen atoms in total. The summed E-state index contributed by atoms with van der Waals surface area (Å²) in [5, 5.41) is 19.7. The normalized spacial score (nSPS) is 13.9. The molecule has 0 aliphatic carbocycles. The third kappa shape index (κ3) is 2.63. The van der Waals surface area contributed by atoms with Gasteiger partial charge in [-0.15, -0.1) is 12.4 Å². The van der Waals surface area contributed by atoms with E-state index in [1.54, 1.807) is 0 Å². The molecule has 0 spiro atoms. The maximum atomic E-state index is 10.9. The summed E-state index contributed by atoms with van der Waals surface area (Å²) < 4.78 is 10.2. The molecule has 2 rings (SSSR count). The van der Waals surface area contributed by atoms with Gasteiger partial charge in [-0.25, -0.2) is 0 Å². The number of nitrogens with two attached hydrogens (primary N) is 1. The highest BCUT2D eigenvalue weighted by Gasteiger charge is 2.26. The highest BCUT2D eigenvalue weighted by Crippen LogP contribution is 2.40. The van der Waals surface area contributed by atoms with Crippen LogP contribution in [-0.4, -0.2) is 23.4 Å². The van der Waals surface area contributed by atoms with Crippen molar-refractivity contribution in [2.45, 2.75) is 12.5 Å². The average Bonchev–Trinajstić information content (AvgIpc) is 2.74. The summed E-state index contributed by atoms with van der Waals surface area (Å²) in [6.07, 6.45) is 0.250. The van der Waals surface area contributed by atoms with E-state index in [1.165, 1.54) is 12.1 Å². The lowest BCUT2D eigenvalue weighted by molar-refractivity contribution is -0.385. The molecule has 0 amide bonds. The van der Waals surface area contributed by atoms with Gasteiger partial charge in [-0.3, -0.25) is 10.1 Å². The van der Waals surface area contributed by atoms with Gasteiger partial charge in [0.25, 0.3) is 5.69 Å². The highest BCUT2D eigenvalue weighted by molar-refractivity contribution is 5.85. The van der Waals surface area contributed by atoms with Crippen LogP contribution in [-0.2, 0) is 0 Å². The Morgan fingerprint density at radius 1 is 1.44 bits per heavy atom. The van der Waals surface area contributed by atoms with Gasteiger partial charge in [0.15, 0.2) is 11.5 Å². The van der Waals surface area contributed by atoms with Gasteiger partial charge in [0.1, 0.15) is 0 Å². The van der Waals surface area contributed by atoms with Crippen molar-refractivity contribution in [1.82, 2.24) is 0 Å². The zero-order valence-corrected chi connectivity index (χ0v) is 10.2. The molecule has 1 aromatic rings. The molecule has 100 valence electrons. The van der Waals surface area contributed by atoms with Crippen LogP contribution < -0.4 is 15.2 Å². The quantitative estimate of drug-likeness (QED) is 0.630. The Bertz CT molecular complexity index is 454. The van der Waals surface area contributed by atoms with Gasteiger partial charge in [0, 0.05) is 12.6 Å². The summed E-state index contributed by atoms with van der Waals surface area (Å²) >= 11 is 0. The van der Waals surface area contributed by atoms with Gasteiger partial charge in [-0.2, -0.15) is 0 Å². The van der Waals surface area contributed by atoms with Gasteiger partial charge >= 0.3 is 0 Å². The topological polar surface area (TPSA) is 108 Å². The van der Waals surface area contributed by atoms with E-state index in [0.717, 1.165) is 0 Å². The van der Waals surface area contributed by atoms with Crippen LogP contribution in [0.25, 0.3) is 0 Å². The molecule has 0 fully saturated rings. The summed E-state index contributed by atoms with van der Waals surface area (Å²) in [5.41, 5.74) is 6.00. The fraction of sp³-hybridized carbons (Fsp3) is 0.400. The Balaban J connectivity index is 0.00000162. The van der Waals surface area contributed by atoms with E-state index in [0.29, 0.717) is 17.1 Å². The lowest BCUT2D eigenvalue weighted by Gasteiger charge is -2.11. The van der Waals surface area contributed by atoms with Crippen molar-refractivity contribution in [3.05, 3.63) is 27.8 Å². The number of nitrogens with zero attached hydrogens (tertiary/aromatic N) is 1. The Morgan fingerprint density at radius 2 is 2.06 bits per heavy atom. The molecule has 0 aromatic heterocycles. The second kappa shape index (κ2) is 5.85. The zero-order valence-electron chi connectivity index (χ0n) is 9.37. The number of aliphatic hydroxyl groups is 1. The monoisotopic (exact) mass is 276 g/mol. The van der Waals surface area contributed by atoms with Gasteiger partial charge in [0.05, 0.1) is 16.6 Å². The van der Waals surface area contributed by atoms with Crippen LogP contribution in [0.5, 0.6) is 11.5 Å². The van der Waals surface area contributed by atoms with Crippen LogP contribution in [0.3, 0.4) is 0 Å². The molecule has 1 heterocycles. The van der Waals surface area contributed by atoms with Gasteiger partial charge in [-0.05, 0) is 12.5 Å². The highest BCUT2D eigenvalue weighted by atomic mass is 35.5. The maximum absolute atomic E-state index is 10.9. The van der Waals surface area contributed by atoms with E-state index in [4.69, 9.17) is 20.3 Å². The van der Waals surface area contributed by atoms with E-state index in [-0.39, 0.29) is 37.9 Å². The number of ether oxygens (including phenoxy) is 2. The molecule has 0 saturated heterocycles. The number of rotatable bonds is 4. The van der Waals surface area contributed by atoms with Crippen LogP contribution in [0.1, 0.15) is 18.0 Å². The van der Waals surface area contributed by atoms with Crippen molar-refractivity contribution in [2.75, 3.05) is 13.4 Å². The van der Waals surface area contributed by atoms with Crippen LogP contribution in [0.4, 0.5) is 5.69 Å². The molecule has 0 unspecified atom stereocenters. The molecule has 0 saturated carbocycles. The lowest BCUT2D eigenvalue weighted by Crippen LogP contribution is -2.13. The molecule has 0 radical (unpaired) electrons. The summed E-state index contributed by atoms with van der Waals surface area (Å²) in [7, 11) is 0. The molecule has 0 bridgehead atoms. The summed E-state index contributed by atoms with van der Waals surface area (Å²) in [6, 6.07) is 2.20. The van der Waals surface area contributed by atoms with Crippen molar-refractivity contribution in [3.63, 3.8) is 0 Å². The van der Waals surface area contributed by atoms with Crippen molar-refractivity contribution in [2.24, 2.45) is 5.73 Å². The first kappa shape index (κ1) is 14.5. The maximum Gasteiger partial charge on any atom is 0.278 e. The number of aliphatic hydroxyl groups excluding tert-OH is 1. The van der Waals surface area contributed by atoms with Crippen molar-refractivity contribution < 1.29 is 19.5 Å². The third-order valence-electron chi connectivity index (χ3n) is 2.56. The third-order valence-corrected chi connectivity index (χ3v) is 2.56. The van der Waals surface area contributed by atoms with Crippen molar-refractivity contribution >= 4 is 18.1 Å². The molecular formula is C10H13ClN2O5. The standard InChI is InChI=1S/C10H12N2O5.ClH/c11-7(1-2-13)6-3-9-10(17-5-16-9)4-8(6)12(14)15;/h3-4,7,13H,1-2,5,11H2;1H/t7-;/m0./s1. The number of nitro benzene ring substituents is 1. The molecule has 8 heteroatoms. The molecule has 3 N–H and O–H groups in total. The van der Waals surface area contributed by atoms with Gasteiger partial charge in [0.2, 0.25) is 6.79 Å². The Morgan fingerprint density at radius 3 is 2.61 bits per heavy atom. The number of benzene rings is 1. The smallest absolute Gasteiger partial charge is 0.278 e. The lowest BCUT2D eigenvalue weighted by atomic mass is 10.0. The minimum Gasteiger partial charge on any atom is -0.454 e. The van der Waals surface area contributed by atoms with Crippen LogP contribution in [0, 0.1) is 10.1 Å². The van der Waals surface area contributed by atoms with Crippen molar-refractivity contribution in [1.29, 1.82) is 0 Å². The van der Waals surface area contributed by atoms with Gasteiger partial charge in [-0.1, -0.05) is 0 Å². The molecule has 18 heavy (non-hydrogen) atoms. The Labute approximate surface area is 109 Å². The number of hydrogen-bond donors (Lipinski definition) is 2. The number of nitro groups is 1. The molecule has 1 aliphatic heterocycles. The fourth-order valence-corrected chi connectivity index (χ4v) is 1.70. The van der Waals surface area contributed by atoms with E-state index in [2.05, 4.69) is 0 Å². The fourth-order valence-electron chi connectivity index (χ4n) is 1.70. The van der Waals surface area contributed by atoms with E-state index < -0.39 is 11.0 Å². The Kier molecular flexibility index (Phi) is 4.71. The average molecular weight is 277 g/mol. The molecule has 1 aliphatic rings. The minimum absolute atomic E-state index is 0. The van der Waals surface area contributed by atoms with E-state index in [9.17, 15) is 10.1 Å². The first-order valence-electron chi connectivity index (χ1n) is 5.08. The van der Waals surface area contributed by atoms with Crippen LogP contribution in [0.15, 0.2) is 12.1 Å². The number of fused-ring (bicyclic) bond motifs is 1. The molecular weight excluding hydrogens is 264 g/mol. The van der Waals surface area contributed by atoms with E-state index in [1.807, 2.05) is 0 Å². The van der Waals surface area contributed by atoms with Gasteiger partial charge < -0.3 is 20.3 Å². The second-order valence-electron chi connectivity index (χ2n) is 3.64. The summed E-state index contributed by atoms with van der Waals surface area (Å²) in [5.74, 6) is 0.788. The first-order chi connectivity index (χ1) is 8.13. The SMILES string of the molecule is Cl.N[C@@H](CCO)c1cc2c(cc1[N+](=O)[O-])OCO2. The second-order valence-corrected chi connectivity index (χ2v) is 3.64. The zero-order chi connectivity index (χ0) is 12.4. The van der Waals surface area contributed by atoms with Crippen molar-refractivity contribution in [3.8, 4) is 11.5 Å². The minimum atomic E-state index is -0.602. The predicted molar refractivity (Wildman–Crippen MR) is 65.1 cm³/mol. The van der Waals surface area contributed by atoms with Crippen LogP contribution in [0.2, 0.25) is 0 Å². The molecule has 1 atom stereocenters. The largest absolute Gasteiger partial charge is 0.454 e. The number of halogens is 1. The first-order valence-corrected chi connectivity index (χ1v) is 5.08. The predicted octanol–water partition coefficient (Wildman–Crippen LogP) is 1.13. The van der Waals surface area contributed by atoms with Crippen LogP contribution >= 0.6 is 12.4 Å².